The first-order valence-corrected chi connectivity index (χ1v) is 7.20. The maximum Gasteiger partial charge on any atom is 0.124 e. The number of aliphatic hydroxyl groups is 1. The van der Waals surface area contributed by atoms with Crippen molar-refractivity contribution in [3.63, 3.8) is 0 Å². The van der Waals surface area contributed by atoms with Gasteiger partial charge in [0, 0.05) is 35.1 Å². The molecule has 0 bridgehead atoms. The number of nitrogens with one attached hydrogen (secondary N) is 1. The largest absolute Gasteiger partial charge is 0.493 e. The van der Waals surface area contributed by atoms with E-state index in [1.807, 2.05) is 12.1 Å². The number of halogens is 1. The number of aliphatic hydroxyl groups excluding tert-OH is 1. The van der Waals surface area contributed by atoms with Gasteiger partial charge in [-0.25, -0.2) is 0 Å². The van der Waals surface area contributed by atoms with Crippen molar-refractivity contribution in [2.45, 2.75) is 32.4 Å². The summed E-state index contributed by atoms with van der Waals surface area (Å²) in [5.41, 5.74) is 1.20. The van der Waals surface area contributed by atoms with E-state index in [0.29, 0.717) is 6.04 Å². The molecule has 0 spiro atoms. The van der Waals surface area contributed by atoms with Crippen LogP contribution in [-0.4, -0.2) is 24.4 Å². The van der Waals surface area contributed by atoms with Crippen LogP contribution in [0.1, 0.15) is 31.9 Å². The van der Waals surface area contributed by atoms with Gasteiger partial charge in [-0.05, 0) is 31.0 Å². The normalized spacial score (nSPS) is 21.9. The van der Waals surface area contributed by atoms with Crippen LogP contribution < -0.4 is 10.1 Å². The second-order valence-electron chi connectivity index (χ2n) is 4.99. The molecule has 1 aromatic carbocycles. The monoisotopic (exact) mass is 313 g/mol. The van der Waals surface area contributed by atoms with E-state index in [9.17, 15) is 5.11 Å². The molecular weight excluding hydrogens is 294 g/mol. The molecule has 2 rings (SSSR count). The first-order chi connectivity index (χ1) is 8.61. The van der Waals surface area contributed by atoms with Gasteiger partial charge in [-0.1, -0.05) is 22.9 Å². The van der Waals surface area contributed by atoms with Crippen LogP contribution in [0.2, 0.25) is 0 Å². The fourth-order valence-electron chi connectivity index (χ4n) is 2.18. The van der Waals surface area contributed by atoms with Gasteiger partial charge in [0.15, 0.2) is 0 Å². The van der Waals surface area contributed by atoms with Gasteiger partial charge in [0.1, 0.15) is 5.75 Å². The molecule has 0 aromatic heterocycles. The van der Waals surface area contributed by atoms with Gasteiger partial charge in [0.2, 0.25) is 0 Å². The van der Waals surface area contributed by atoms with E-state index in [0.717, 1.165) is 23.2 Å². The molecule has 0 saturated carbocycles. The van der Waals surface area contributed by atoms with Gasteiger partial charge in [0.25, 0.3) is 0 Å². The molecule has 1 aromatic rings. The van der Waals surface area contributed by atoms with Gasteiger partial charge in [-0.3, -0.25) is 0 Å². The van der Waals surface area contributed by atoms with Crippen LogP contribution >= 0.6 is 15.9 Å². The minimum Gasteiger partial charge on any atom is -0.493 e. The van der Waals surface area contributed by atoms with Gasteiger partial charge in [0.05, 0.1) is 6.61 Å². The zero-order valence-electron chi connectivity index (χ0n) is 10.8. The molecule has 18 heavy (non-hydrogen) atoms. The van der Waals surface area contributed by atoms with Crippen LogP contribution in [0.25, 0.3) is 0 Å². The summed E-state index contributed by atoms with van der Waals surface area (Å²) in [5.74, 6) is 1.22. The fourth-order valence-corrected chi connectivity index (χ4v) is 2.56. The molecule has 1 aliphatic rings. The third-order valence-corrected chi connectivity index (χ3v) is 4.11. The lowest BCUT2D eigenvalue weighted by atomic mass is 9.97. The molecule has 1 heterocycles. The number of rotatable bonds is 4. The average Bonchev–Trinajstić information content (AvgIpc) is 2.38. The molecule has 3 unspecified atom stereocenters. The van der Waals surface area contributed by atoms with Gasteiger partial charge >= 0.3 is 0 Å². The zero-order valence-corrected chi connectivity index (χ0v) is 12.4. The molecule has 3 nitrogen and oxygen atoms in total. The molecule has 3 atom stereocenters. The van der Waals surface area contributed by atoms with Crippen molar-refractivity contribution in [2.24, 2.45) is 5.92 Å². The maximum absolute atomic E-state index is 9.20. The SMILES string of the molecule is CC(CO)C(C)NC1CCOc2ccc(Br)cc21. The van der Waals surface area contributed by atoms with E-state index in [1.165, 1.54) is 5.56 Å². The molecule has 100 valence electrons. The van der Waals surface area contributed by atoms with E-state index in [1.54, 1.807) is 0 Å². The third kappa shape index (κ3) is 3.05. The Morgan fingerprint density at radius 2 is 2.28 bits per heavy atom. The predicted octanol–water partition coefficient (Wildman–Crippen LogP) is 2.88. The van der Waals surface area contributed by atoms with Crippen LogP contribution in [-0.2, 0) is 0 Å². The highest BCUT2D eigenvalue weighted by molar-refractivity contribution is 9.10. The number of hydrogen-bond acceptors (Lipinski definition) is 3. The topological polar surface area (TPSA) is 41.5 Å². The second kappa shape index (κ2) is 6.04. The highest BCUT2D eigenvalue weighted by atomic mass is 79.9. The highest BCUT2D eigenvalue weighted by Crippen LogP contribution is 2.34. The lowest BCUT2D eigenvalue weighted by Crippen LogP contribution is -2.38. The lowest BCUT2D eigenvalue weighted by molar-refractivity contribution is 0.187. The molecular formula is C14H20BrNO2. The number of ether oxygens (including phenoxy) is 1. The minimum absolute atomic E-state index is 0.211. The molecule has 4 heteroatoms. The van der Waals surface area contributed by atoms with E-state index in [4.69, 9.17) is 4.74 Å². The van der Waals surface area contributed by atoms with Crippen molar-refractivity contribution in [1.29, 1.82) is 0 Å². The molecule has 2 N–H and O–H groups in total. The summed E-state index contributed by atoms with van der Waals surface area (Å²) in [4.78, 5) is 0. The van der Waals surface area contributed by atoms with E-state index in [-0.39, 0.29) is 18.6 Å². The fraction of sp³-hybridized carbons (Fsp3) is 0.571. The van der Waals surface area contributed by atoms with E-state index < -0.39 is 0 Å². The van der Waals surface area contributed by atoms with E-state index >= 15 is 0 Å². The Morgan fingerprint density at radius 1 is 1.50 bits per heavy atom. The standard InChI is InChI=1S/C14H20BrNO2/c1-9(8-17)10(2)16-13-5-6-18-14-4-3-11(15)7-12(13)14/h3-4,7,9-10,13,16-17H,5-6,8H2,1-2H3. The van der Waals surface area contributed by atoms with Crippen molar-refractivity contribution in [3.05, 3.63) is 28.2 Å². The third-order valence-electron chi connectivity index (χ3n) is 3.62. The number of fused-ring (bicyclic) bond motifs is 1. The first kappa shape index (κ1) is 13.8. The maximum atomic E-state index is 9.20. The Morgan fingerprint density at radius 3 is 3.00 bits per heavy atom. The Balaban J connectivity index is 2.14. The number of benzene rings is 1. The highest BCUT2D eigenvalue weighted by Gasteiger charge is 2.24. The molecule has 0 fully saturated rings. The Bertz CT molecular complexity index is 411. The second-order valence-corrected chi connectivity index (χ2v) is 5.90. The van der Waals surface area contributed by atoms with Crippen LogP contribution in [0.3, 0.4) is 0 Å². The van der Waals surface area contributed by atoms with Crippen LogP contribution in [0.4, 0.5) is 0 Å². The smallest absolute Gasteiger partial charge is 0.124 e. The summed E-state index contributed by atoms with van der Waals surface area (Å²) in [5, 5.41) is 12.8. The van der Waals surface area contributed by atoms with Crippen LogP contribution in [0.15, 0.2) is 22.7 Å². The molecule has 0 radical (unpaired) electrons. The van der Waals surface area contributed by atoms with Crippen LogP contribution in [0, 0.1) is 5.92 Å². The van der Waals surface area contributed by atoms with Gasteiger partial charge in [-0.2, -0.15) is 0 Å². The van der Waals surface area contributed by atoms with Gasteiger partial charge < -0.3 is 15.2 Å². The minimum atomic E-state index is 0.211. The summed E-state index contributed by atoms with van der Waals surface area (Å²) in [6, 6.07) is 6.71. The molecule has 1 aliphatic heterocycles. The van der Waals surface area contributed by atoms with Crippen molar-refractivity contribution in [3.8, 4) is 5.75 Å². The Labute approximate surface area is 117 Å². The molecule has 0 amide bonds. The summed E-state index contributed by atoms with van der Waals surface area (Å²) in [7, 11) is 0. The number of hydrogen-bond donors (Lipinski definition) is 2. The zero-order chi connectivity index (χ0) is 13.1. The summed E-state index contributed by atoms with van der Waals surface area (Å²) in [6.07, 6.45) is 0.964. The van der Waals surface area contributed by atoms with Crippen molar-refractivity contribution >= 4 is 15.9 Å². The predicted molar refractivity (Wildman–Crippen MR) is 75.8 cm³/mol. The molecule has 0 aliphatic carbocycles. The van der Waals surface area contributed by atoms with Gasteiger partial charge in [-0.15, -0.1) is 0 Å². The van der Waals surface area contributed by atoms with Crippen molar-refractivity contribution < 1.29 is 9.84 Å². The first-order valence-electron chi connectivity index (χ1n) is 6.41. The summed E-state index contributed by atoms with van der Waals surface area (Å²) < 4.78 is 6.74. The summed E-state index contributed by atoms with van der Waals surface area (Å²) >= 11 is 3.50. The van der Waals surface area contributed by atoms with E-state index in [2.05, 4.69) is 41.2 Å². The average molecular weight is 314 g/mol. The van der Waals surface area contributed by atoms with Crippen molar-refractivity contribution in [2.75, 3.05) is 13.2 Å². The quantitative estimate of drug-likeness (QED) is 0.898. The lowest BCUT2D eigenvalue weighted by Gasteiger charge is -2.31. The summed E-state index contributed by atoms with van der Waals surface area (Å²) in [6.45, 7) is 5.13. The van der Waals surface area contributed by atoms with Crippen molar-refractivity contribution in [1.82, 2.24) is 5.32 Å². The Kier molecular flexibility index (Phi) is 4.65. The van der Waals surface area contributed by atoms with Crippen LogP contribution in [0.5, 0.6) is 5.75 Å². The Hall–Kier alpha value is -0.580. The molecule has 0 saturated heterocycles.